The Kier molecular flexibility index (Phi) is 5.40. The second-order valence-corrected chi connectivity index (χ2v) is 6.46. The van der Waals surface area contributed by atoms with E-state index < -0.39 is 0 Å². The number of carbonyl (C=O) groups excluding carboxylic acids is 1. The van der Waals surface area contributed by atoms with Crippen LogP contribution in [0.5, 0.6) is 0 Å². The first-order valence-electron chi connectivity index (χ1n) is 7.86. The highest BCUT2D eigenvalue weighted by atomic mass is 35.5. The summed E-state index contributed by atoms with van der Waals surface area (Å²) in [6.45, 7) is 3.92. The van der Waals surface area contributed by atoms with Crippen molar-refractivity contribution in [1.29, 1.82) is 0 Å². The maximum absolute atomic E-state index is 12.0. The van der Waals surface area contributed by atoms with Crippen LogP contribution in [0.2, 0.25) is 10.0 Å². The van der Waals surface area contributed by atoms with E-state index in [1.54, 1.807) is 30.6 Å². The Hall–Kier alpha value is -2.63. The van der Waals surface area contributed by atoms with Crippen molar-refractivity contribution in [1.82, 2.24) is 15.0 Å². The number of hydrazone groups is 1. The quantitative estimate of drug-likeness (QED) is 0.527. The highest BCUT2D eigenvalue weighted by molar-refractivity contribution is 6.43. The summed E-state index contributed by atoms with van der Waals surface area (Å²) >= 11 is 12.5. The summed E-state index contributed by atoms with van der Waals surface area (Å²) < 4.78 is 2.00. The van der Waals surface area contributed by atoms with E-state index in [9.17, 15) is 4.79 Å². The average molecular weight is 387 g/mol. The zero-order valence-electron chi connectivity index (χ0n) is 14.2. The van der Waals surface area contributed by atoms with Crippen LogP contribution in [0.25, 0.3) is 5.69 Å². The third-order valence-electron chi connectivity index (χ3n) is 3.94. The van der Waals surface area contributed by atoms with Gasteiger partial charge in [-0.05, 0) is 44.2 Å². The highest BCUT2D eigenvalue weighted by Gasteiger charge is 2.13. The van der Waals surface area contributed by atoms with Crippen LogP contribution in [0.15, 0.2) is 53.9 Å². The SMILES string of the molecule is Cc1cc(C=NNC(=O)c2cccnc2)c(C)n1-c1cccc(Cl)c1Cl. The molecular formula is C19H16Cl2N4O. The topological polar surface area (TPSA) is 59.3 Å². The lowest BCUT2D eigenvalue weighted by atomic mass is 10.2. The van der Waals surface area contributed by atoms with Crippen LogP contribution in [0.4, 0.5) is 0 Å². The van der Waals surface area contributed by atoms with Crippen LogP contribution < -0.4 is 5.43 Å². The summed E-state index contributed by atoms with van der Waals surface area (Å²) in [5.74, 6) is -0.318. The monoisotopic (exact) mass is 386 g/mol. The Morgan fingerprint density at radius 3 is 2.77 bits per heavy atom. The zero-order valence-corrected chi connectivity index (χ0v) is 15.7. The first kappa shape index (κ1) is 18.2. The van der Waals surface area contributed by atoms with Gasteiger partial charge in [-0.3, -0.25) is 9.78 Å². The van der Waals surface area contributed by atoms with Crippen molar-refractivity contribution < 1.29 is 4.79 Å². The van der Waals surface area contributed by atoms with Gasteiger partial charge in [0.2, 0.25) is 0 Å². The van der Waals surface area contributed by atoms with E-state index >= 15 is 0 Å². The van der Waals surface area contributed by atoms with Crippen molar-refractivity contribution in [3.63, 3.8) is 0 Å². The molecule has 0 bridgehead atoms. The van der Waals surface area contributed by atoms with Gasteiger partial charge >= 0.3 is 0 Å². The highest BCUT2D eigenvalue weighted by Crippen LogP contribution is 2.31. The van der Waals surface area contributed by atoms with Crippen LogP contribution in [0.1, 0.15) is 27.3 Å². The smallest absolute Gasteiger partial charge is 0.272 e. The number of hydrogen-bond donors (Lipinski definition) is 1. The van der Waals surface area contributed by atoms with Gasteiger partial charge in [0.05, 0.1) is 27.5 Å². The van der Waals surface area contributed by atoms with E-state index in [-0.39, 0.29) is 5.91 Å². The van der Waals surface area contributed by atoms with E-state index in [1.807, 2.05) is 36.6 Å². The van der Waals surface area contributed by atoms with Gasteiger partial charge in [0.15, 0.2) is 0 Å². The maximum Gasteiger partial charge on any atom is 0.272 e. The molecule has 3 aromatic rings. The van der Waals surface area contributed by atoms with Gasteiger partial charge in [0.25, 0.3) is 5.91 Å². The van der Waals surface area contributed by atoms with E-state index in [4.69, 9.17) is 23.2 Å². The van der Waals surface area contributed by atoms with Crippen molar-refractivity contribution in [3.8, 4) is 5.69 Å². The van der Waals surface area contributed by atoms with E-state index in [1.165, 1.54) is 6.20 Å². The van der Waals surface area contributed by atoms with Gasteiger partial charge in [0.1, 0.15) is 0 Å². The predicted molar refractivity (Wildman–Crippen MR) is 105 cm³/mol. The molecule has 0 radical (unpaired) electrons. The Bertz CT molecular complexity index is 981. The molecule has 26 heavy (non-hydrogen) atoms. The molecule has 7 heteroatoms. The van der Waals surface area contributed by atoms with Crippen molar-refractivity contribution in [2.24, 2.45) is 5.10 Å². The summed E-state index contributed by atoms with van der Waals surface area (Å²) in [7, 11) is 0. The molecule has 0 spiro atoms. The third-order valence-corrected chi connectivity index (χ3v) is 4.74. The summed E-state index contributed by atoms with van der Waals surface area (Å²) in [6.07, 6.45) is 4.69. The number of nitrogens with one attached hydrogen (secondary N) is 1. The summed E-state index contributed by atoms with van der Waals surface area (Å²) in [6, 6.07) is 10.8. The number of halogens is 2. The number of aryl methyl sites for hydroxylation is 1. The molecule has 1 amide bonds. The number of rotatable bonds is 4. The van der Waals surface area contributed by atoms with Crippen molar-refractivity contribution in [2.45, 2.75) is 13.8 Å². The van der Waals surface area contributed by atoms with Gasteiger partial charge in [-0.25, -0.2) is 5.43 Å². The van der Waals surface area contributed by atoms with Crippen LogP contribution in [0.3, 0.4) is 0 Å². The Morgan fingerprint density at radius 2 is 2.04 bits per heavy atom. The molecule has 0 atom stereocenters. The van der Waals surface area contributed by atoms with Gasteiger partial charge in [0, 0.05) is 29.3 Å². The average Bonchev–Trinajstić information content (AvgIpc) is 2.92. The minimum atomic E-state index is -0.318. The standard InChI is InChI=1S/C19H16Cl2N4O/c1-12-9-15(11-23-24-19(26)14-5-4-8-22-10-14)13(2)25(12)17-7-3-6-16(20)18(17)21/h3-11H,1-2H3,(H,24,26). The second kappa shape index (κ2) is 7.72. The molecular weight excluding hydrogens is 371 g/mol. The van der Waals surface area contributed by atoms with Crippen LogP contribution in [-0.2, 0) is 0 Å². The first-order chi connectivity index (χ1) is 12.5. The van der Waals surface area contributed by atoms with Crippen molar-refractivity contribution in [3.05, 3.63) is 81.4 Å². The van der Waals surface area contributed by atoms with Crippen LogP contribution in [-0.4, -0.2) is 21.7 Å². The fourth-order valence-corrected chi connectivity index (χ4v) is 3.06. The van der Waals surface area contributed by atoms with Crippen LogP contribution in [0, 0.1) is 13.8 Å². The summed E-state index contributed by atoms with van der Waals surface area (Å²) in [5, 5.41) is 5.03. The fraction of sp³-hybridized carbons (Fsp3) is 0.105. The predicted octanol–water partition coefficient (Wildman–Crippen LogP) is 4.56. The Labute approximate surface area is 161 Å². The molecule has 0 saturated carbocycles. The van der Waals surface area contributed by atoms with Crippen molar-refractivity contribution in [2.75, 3.05) is 0 Å². The lowest BCUT2D eigenvalue weighted by Crippen LogP contribution is -2.17. The largest absolute Gasteiger partial charge is 0.316 e. The summed E-state index contributed by atoms with van der Waals surface area (Å²) in [5.41, 5.74) is 6.52. The number of nitrogens with zero attached hydrogens (tertiary/aromatic N) is 3. The van der Waals surface area contributed by atoms with Gasteiger partial charge < -0.3 is 4.57 Å². The Balaban J connectivity index is 1.84. The molecule has 0 fully saturated rings. The number of amides is 1. The Morgan fingerprint density at radius 1 is 1.23 bits per heavy atom. The minimum absolute atomic E-state index is 0.318. The number of hydrogen-bond acceptors (Lipinski definition) is 3. The molecule has 0 saturated heterocycles. The van der Waals surface area contributed by atoms with Gasteiger partial charge in [-0.2, -0.15) is 5.10 Å². The van der Waals surface area contributed by atoms with E-state index in [0.29, 0.717) is 15.6 Å². The van der Waals surface area contributed by atoms with Gasteiger partial charge in [-0.15, -0.1) is 0 Å². The van der Waals surface area contributed by atoms with Crippen molar-refractivity contribution >= 4 is 35.3 Å². The third kappa shape index (κ3) is 3.64. The molecule has 3 rings (SSSR count). The normalized spacial score (nSPS) is 11.1. The molecule has 2 aromatic heterocycles. The lowest BCUT2D eigenvalue weighted by molar-refractivity contribution is 0.0955. The van der Waals surface area contributed by atoms with Crippen LogP contribution >= 0.6 is 23.2 Å². The molecule has 5 nitrogen and oxygen atoms in total. The molecule has 0 aliphatic heterocycles. The number of benzene rings is 1. The van der Waals surface area contributed by atoms with Gasteiger partial charge in [-0.1, -0.05) is 29.3 Å². The fourth-order valence-electron chi connectivity index (χ4n) is 2.68. The maximum atomic E-state index is 12.0. The molecule has 1 aromatic carbocycles. The molecule has 0 aliphatic rings. The number of carbonyl (C=O) groups is 1. The minimum Gasteiger partial charge on any atom is -0.316 e. The number of pyridine rings is 1. The second-order valence-electron chi connectivity index (χ2n) is 5.68. The van der Waals surface area contributed by atoms with E-state index in [0.717, 1.165) is 22.6 Å². The molecule has 1 N–H and O–H groups in total. The zero-order chi connectivity index (χ0) is 18.7. The molecule has 0 unspecified atom stereocenters. The lowest BCUT2D eigenvalue weighted by Gasteiger charge is -2.12. The van der Waals surface area contributed by atoms with E-state index in [2.05, 4.69) is 15.5 Å². The first-order valence-corrected chi connectivity index (χ1v) is 8.61. The molecule has 2 heterocycles. The summed E-state index contributed by atoms with van der Waals surface area (Å²) in [4.78, 5) is 15.9. The molecule has 0 aliphatic carbocycles. The molecule has 132 valence electrons. The number of aromatic nitrogens is 2.